The third-order valence-electron chi connectivity index (χ3n) is 7.81. The number of amides is 1. The van der Waals surface area contributed by atoms with Crippen molar-refractivity contribution in [3.63, 3.8) is 0 Å². The first kappa shape index (κ1) is 19.2. The number of aryl methyl sites for hydroxylation is 1. The van der Waals surface area contributed by atoms with Crippen LogP contribution < -0.4 is 14.5 Å². The molecule has 0 saturated carbocycles. The van der Waals surface area contributed by atoms with Crippen molar-refractivity contribution in [2.75, 3.05) is 49.6 Å². The standard InChI is InChI=1S/C26H31N3O2/c1-27-23-9-3-8-20-21-17-28(14-10-22(21)29(25(20)23)15-11-24(27)30)13-4-7-18-5-2-6-19-12-16-31-26(18)19/h2-3,5-6,8-9,21-22H,4,7,10-17H2,1H3/t21-,22-/m0/s1. The number of anilines is 2. The van der Waals surface area contributed by atoms with Gasteiger partial charge >= 0.3 is 0 Å². The molecule has 4 aliphatic heterocycles. The molecule has 4 aliphatic rings. The zero-order valence-corrected chi connectivity index (χ0v) is 18.3. The summed E-state index contributed by atoms with van der Waals surface area (Å²) in [5.41, 5.74) is 6.62. The third-order valence-corrected chi connectivity index (χ3v) is 7.81. The van der Waals surface area contributed by atoms with Gasteiger partial charge in [-0.2, -0.15) is 0 Å². The quantitative estimate of drug-likeness (QED) is 0.762. The first-order chi connectivity index (χ1) is 15.2. The molecule has 2 aromatic rings. The van der Waals surface area contributed by atoms with Crippen LogP contribution in [0.1, 0.15) is 41.9 Å². The normalized spacial score (nSPS) is 24.5. The van der Waals surface area contributed by atoms with Gasteiger partial charge in [0.2, 0.25) is 5.91 Å². The van der Waals surface area contributed by atoms with Gasteiger partial charge in [-0.05, 0) is 48.6 Å². The van der Waals surface area contributed by atoms with E-state index >= 15 is 0 Å². The first-order valence-electron chi connectivity index (χ1n) is 11.8. The number of hydrogen-bond donors (Lipinski definition) is 0. The summed E-state index contributed by atoms with van der Waals surface area (Å²) in [6, 6.07) is 13.7. The van der Waals surface area contributed by atoms with E-state index in [2.05, 4.69) is 46.2 Å². The van der Waals surface area contributed by atoms with Crippen LogP contribution in [0.15, 0.2) is 36.4 Å². The lowest BCUT2D eigenvalue weighted by Crippen LogP contribution is -2.46. The SMILES string of the molecule is CN1C(=O)CCN2c3c(cccc31)[C@@H]1CN(CCCc3cccc4c3OCC4)CC[C@@H]12. The van der Waals surface area contributed by atoms with E-state index in [4.69, 9.17) is 4.74 Å². The second kappa shape index (κ2) is 7.56. The Morgan fingerprint density at radius 2 is 2.00 bits per heavy atom. The van der Waals surface area contributed by atoms with Gasteiger partial charge in [0.05, 0.1) is 18.0 Å². The van der Waals surface area contributed by atoms with Crippen molar-refractivity contribution in [1.29, 1.82) is 0 Å². The van der Waals surface area contributed by atoms with Crippen molar-refractivity contribution in [2.45, 2.75) is 44.1 Å². The van der Waals surface area contributed by atoms with Crippen molar-refractivity contribution in [2.24, 2.45) is 0 Å². The minimum atomic E-state index is 0.230. The highest BCUT2D eigenvalue weighted by Gasteiger charge is 2.44. The predicted molar refractivity (Wildman–Crippen MR) is 123 cm³/mol. The van der Waals surface area contributed by atoms with Crippen molar-refractivity contribution >= 4 is 17.3 Å². The second-order valence-electron chi connectivity index (χ2n) is 9.48. The van der Waals surface area contributed by atoms with Gasteiger partial charge in [0.1, 0.15) is 5.75 Å². The number of carbonyl (C=O) groups is 1. The van der Waals surface area contributed by atoms with Gasteiger partial charge in [-0.15, -0.1) is 0 Å². The first-order valence-corrected chi connectivity index (χ1v) is 11.8. The summed E-state index contributed by atoms with van der Waals surface area (Å²) in [5, 5.41) is 0. The Balaban J connectivity index is 1.16. The lowest BCUT2D eigenvalue weighted by Gasteiger charge is -2.38. The summed E-state index contributed by atoms with van der Waals surface area (Å²) in [4.78, 5) is 19.5. The monoisotopic (exact) mass is 417 g/mol. The number of likely N-dealkylation sites (tertiary alicyclic amines) is 1. The molecule has 1 amide bonds. The number of piperidine rings is 1. The molecule has 0 radical (unpaired) electrons. The summed E-state index contributed by atoms with van der Waals surface area (Å²) < 4.78 is 5.89. The molecule has 0 unspecified atom stereocenters. The number of hydrogen-bond acceptors (Lipinski definition) is 4. The van der Waals surface area contributed by atoms with E-state index in [0.29, 0.717) is 18.4 Å². The van der Waals surface area contributed by atoms with Crippen LogP contribution in [0.5, 0.6) is 5.75 Å². The summed E-state index contributed by atoms with van der Waals surface area (Å²) in [5.74, 6) is 1.94. The van der Waals surface area contributed by atoms with Gasteiger partial charge < -0.3 is 19.4 Å². The molecule has 2 atom stereocenters. The third kappa shape index (κ3) is 3.13. The average Bonchev–Trinajstić information content (AvgIpc) is 3.37. The molecule has 0 bridgehead atoms. The van der Waals surface area contributed by atoms with Gasteiger partial charge in [-0.25, -0.2) is 0 Å². The molecule has 5 heteroatoms. The van der Waals surface area contributed by atoms with Gasteiger partial charge in [-0.3, -0.25) is 4.79 Å². The fourth-order valence-corrected chi connectivity index (χ4v) is 6.26. The van der Waals surface area contributed by atoms with Crippen LogP contribution in [0.2, 0.25) is 0 Å². The van der Waals surface area contributed by atoms with Crippen LogP contribution in [0.3, 0.4) is 0 Å². The average molecular weight is 418 g/mol. The molecule has 2 aromatic carbocycles. The Kier molecular flexibility index (Phi) is 4.67. The van der Waals surface area contributed by atoms with E-state index in [0.717, 1.165) is 57.1 Å². The zero-order chi connectivity index (χ0) is 20.9. The van der Waals surface area contributed by atoms with Gasteiger partial charge in [0.25, 0.3) is 0 Å². The molecule has 0 aromatic heterocycles. The van der Waals surface area contributed by atoms with Gasteiger partial charge in [0, 0.05) is 51.5 Å². The molecular weight excluding hydrogens is 386 g/mol. The minimum absolute atomic E-state index is 0.230. The maximum Gasteiger partial charge on any atom is 0.228 e. The summed E-state index contributed by atoms with van der Waals surface area (Å²) in [7, 11) is 1.93. The topological polar surface area (TPSA) is 36.0 Å². The van der Waals surface area contributed by atoms with Crippen molar-refractivity contribution < 1.29 is 9.53 Å². The number of benzene rings is 2. The maximum atomic E-state index is 12.5. The molecule has 0 aliphatic carbocycles. The highest BCUT2D eigenvalue weighted by Crippen LogP contribution is 2.50. The minimum Gasteiger partial charge on any atom is -0.493 e. The van der Waals surface area contributed by atoms with Crippen molar-refractivity contribution in [1.82, 2.24) is 4.90 Å². The predicted octanol–water partition coefficient (Wildman–Crippen LogP) is 3.60. The fraction of sp³-hybridized carbons (Fsp3) is 0.500. The van der Waals surface area contributed by atoms with E-state index in [1.54, 1.807) is 0 Å². The number of fused-ring (bicyclic) bond motifs is 4. The maximum absolute atomic E-state index is 12.5. The molecule has 6 rings (SSSR count). The largest absolute Gasteiger partial charge is 0.493 e. The van der Waals surface area contributed by atoms with Gasteiger partial charge in [0.15, 0.2) is 0 Å². The summed E-state index contributed by atoms with van der Waals surface area (Å²) >= 11 is 0. The van der Waals surface area contributed by atoms with Crippen LogP contribution in [0.4, 0.5) is 11.4 Å². The summed E-state index contributed by atoms with van der Waals surface area (Å²) in [6.07, 6.45) is 5.11. The number of rotatable bonds is 4. The zero-order valence-electron chi connectivity index (χ0n) is 18.3. The lowest BCUT2D eigenvalue weighted by atomic mass is 9.88. The molecule has 5 nitrogen and oxygen atoms in total. The second-order valence-corrected chi connectivity index (χ2v) is 9.48. The number of nitrogens with zero attached hydrogens (tertiary/aromatic N) is 3. The highest BCUT2D eigenvalue weighted by molar-refractivity contribution is 5.99. The van der Waals surface area contributed by atoms with Crippen LogP contribution in [-0.2, 0) is 17.6 Å². The molecule has 0 N–H and O–H groups in total. The van der Waals surface area contributed by atoms with E-state index in [-0.39, 0.29) is 5.91 Å². The van der Waals surface area contributed by atoms with Crippen molar-refractivity contribution in [3.8, 4) is 5.75 Å². The van der Waals surface area contributed by atoms with Gasteiger partial charge in [-0.1, -0.05) is 30.3 Å². The number of para-hydroxylation sites is 2. The Morgan fingerprint density at radius 1 is 1.10 bits per heavy atom. The summed E-state index contributed by atoms with van der Waals surface area (Å²) in [6.45, 7) is 5.10. The molecule has 31 heavy (non-hydrogen) atoms. The Hall–Kier alpha value is -2.53. The smallest absolute Gasteiger partial charge is 0.228 e. The molecule has 162 valence electrons. The van der Waals surface area contributed by atoms with E-state index < -0.39 is 0 Å². The Morgan fingerprint density at radius 3 is 2.94 bits per heavy atom. The van der Waals surface area contributed by atoms with E-state index in [1.165, 1.54) is 35.2 Å². The van der Waals surface area contributed by atoms with Crippen LogP contribution in [0, 0.1) is 0 Å². The van der Waals surface area contributed by atoms with Crippen molar-refractivity contribution in [3.05, 3.63) is 53.1 Å². The molecular formula is C26H31N3O2. The lowest BCUT2D eigenvalue weighted by molar-refractivity contribution is -0.118. The Bertz CT molecular complexity index is 1020. The Labute approximate surface area is 184 Å². The molecule has 1 fully saturated rings. The van der Waals surface area contributed by atoms with Crippen LogP contribution in [0.25, 0.3) is 0 Å². The van der Waals surface area contributed by atoms with E-state index in [1.807, 2.05) is 11.9 Å². The van der Waals surface area contributed by atoms with E-state index in [9.17, 15) is 4.79 Å². The number of carbonyl (C=O) groups excluding carboxylic acids is 1. The molecule has 4 heterocycles. The van der Waals surface area contributed by atoms with Crippen LogP contribution >= 0.6 is 0 Å². The molecule has 1 saturated heterocycles. The number of ether oxygens (including phenoxy) is 1. The fourth-order valence-electron chi connectivity index (χ4n) is 6.26. The highest BCUT2D eigenvalue weighted by atomic mass is 16.5. The van der Waals surface area contributed by atoms with Crippen LogP contribution in [-0.4, -0.2) is 56.7 Å². The molecule has 0 spiro atoms.